The topological polar surface area (TPSA) is 72.8 Å². The third-order valence-electron chi connectivity index (χ3n) is 4.21. The lowest BCUT2D eigenvalue weighted by molar-refractivity contribution is -0.274. The molecular formula is C21H21F3O5. The largest absolute Gasteiger partial charge is 0.573 e. The lowest BCUT2D eigenvalue weighted by Gasteiger charge is -2.16. The Morgan fingerprint density at radius 2 is 1.62 bits per heavy atom. The van der Waals surface area contributed by atoms with Crippen LogP contribution in [0.1, 0.15) is 40.4 Å². The third-order valence-corrected chi connectivity index (χ3v) is 4.21. The number of carboxylic acid groups (broad SMARTS) is 1. The molecule has 2 rings (SSSR count). The Morgan fingerprint density at radius 3 is 2.10 bits per heavy atom. The van der Waals surface area contributed by atoms with E-state index in [1.807, 2.05) is 12.1 Å². The van der Waals surface area contributed by atoms with E-state index in [4.69, 9.17) is 9.84 Å². The molecule has 2 aromatic carbocycles. The van der Waals surface area contributed by atoms with Gasteiger partial charge in [0.25, 0.3) is 0 Å². The van der Waals surface area contributed by atoms with Gasteiger partial charge in [0, 0.05) is 12.0 Å². The Bertz CT molecular complexity index is 865. The Labute approximate surface area is 166 Å². The van der Waals surface area contributed by atoms with Crippen LogP contribution >= 0.6 is 0 Å². The lowest BCUT2D eigenvalue weighted by atomic mass is 9.99. The summed E-state index contributed by atoms with van der Waals surface area (Å²) >= 11 is 0. The van der Waals surface area contributed by atoms with E-state index in [-0.39, 0.29) is 18.0 Å². The highest BCUT2D eigenvalue weighted by atomic mass is 19.4. The van der Waals surface area contributed by atoms with E-state index in [1.165, 1.54) is 19.1 Å². The predicted octanol–water partition coefficient (Wildman–Crippen LogP) is 4.87. The molecule has 0 saturated carbocycles. The molecule has 1 atom stereocenters. The van der Waals surface area contributed by atoms with Gasteiger partial charge < -0.3 is 14.6 Å². The Hall–Kier alpha value is -3.03. The Morgan fingerprint density at radius 1 is 1.07 bits per heavy atom. The van der Waals surface area contributed by atoms with Crippen molar-refractivity contribution in [1.29, 1.82) is 0 Å². The second-order valence-corrected chi connectivity index (χ2v) is 6.65. The zero-order valence-corrected chi connectivity index (χ0v) is 16.2. The molecule has 0 bridgehead atoms. The van der Waals surface area contributed by atoms with Crippen molar-refractivity contribution in [3.8, 4) is 11.5 Å². The van der Waals surface area contributed by atoms with Crippen LogP contribution in [0.25, 0.3) is 0 Å². The average Bonchev–Trinajstić information content (AvgIpc) is 2.61. The number of ether oxygens (including phenoxy) is 2. The molecule has 1 N–H and O–H groups in total. The quantitative estimate of drug-likeness (QED) is 0.629. The van der Waals surface area contributed by atoms with Gasteiger partial charge in [-0.3, -0.25) is 4.79 Å². The molecule has 0 aliphatic heterocycles. The van der Waals surface area contributed by atoms with Crippen molar-refractivity contribution in [1.82, 2.24) is 0 Å². The summed E-state index contributed by atoms with van der Waals surface area (Å²) in [6.07, 6.45) is -5.16. The molecule has 0 aliphatic rings. The van der Waals surface area contributed by atoms with E-state index in [9.17, 15) is 22.8 Å². The van der Waals surface area contributed by atoms with Gasteiger partial charge in [-0.25, -0.2) is 4.79 Å². The summed E-state index contributed by atoms with van der Waals surface area (Å²) < 4.78 is 45.8. The number of hydrogen-bond donors (Lipinski definition) is 1. The summed E-state index contributed by atoms with van der Waals surface area (Å²) in [5.41, 5.74) is 2.69. The smallest absolute Gasteiger partial charge is 0.479 e. The number of halogens is 3. The number of rotatable bonds is 8. The first-order valence-electron chi connectivity index (χ1n) is 8.85. The number of benzene rings is 2. The fourth-order valence-corrected chi connectivity index (χ4v) is 2.84. The van der Waals surface area contributed by atoms with Crippen LogP contribution in [0.5, 0.6) is 11.5 Å². The second-order valence-electron chi connectivity index (χ2n) is 6.65. The maximum absolute atomic E-state index is 12.3. The van der Waals surface area contributed by atoms with Crippen molar-refractivity contribution < 1.29 is 37.3 Å². The highest BCUT2D eigenvalue weighted by Gasteiger charge is 2.31. The molecule has 0 spiro atoms. The summed E-state index contributed by atoms with van der Waals surface area (Å²) in [5, 5.41) is 8.98. The number of carbonyl (C=O) groups is 2. The molecule has 0 aromatic heterocycles. The molecule has 156 valence electrons. The number of hydrogen-bond acceptors (Lipinski definition) is 4. The molecule has 8 heteroatoms. The average molecular weight is 410 g/mol. The van der Waals surface area contributed by atoms with Crippen LogP contribution in [0.4, 0.5) is 13.2 Å². The van der Waals surface area contributed by atoms with E-state index >= 15 is 0 Å². The third kappa shape index (κ3) is 6.51. The van der Waals surface area contributed by atoms with Crippen molar-refractivity contribution in [2.24, 2.45) is 0 Å². The van der Waals surface area contributed by atoms with Gasteiger partial charge in [0.2, 0.25) is 0 Å². The normalized spacial score (nSPS) is 12.3. The van der Waals surface area contributed by atoms with Crippen LogP contribution in [-0.4, -0.2) is 29.3 Å². The molecule has 2 aromatic rings. The lowest BCUT2D eigenvalue weighted by Crippen LogP contribution is -2.23. The first-order valence-corrected chi connectivity index (χ1v) is 8.85. The molecule has 0 saturated heterocycles. The first kappa shape index (κ1) is 22.3. The summed E-state index contributed by atoms with van der Waals surface area (Å²) in [6, 6.07) is 8.44. The monoisotopic (exact) mass is 410 g/mol. The summed E-state index contributed by atoms with van der Waals surface area (Å²) in [7, 11) is 0. The van der Waals surface area contributed by atoms with Crippen LogP contribution < -0.4 is 9.47 Å². The van der Waals surface area contributed by atoms with Gasteiger partial charge in [-0.2, -0.15) is 0 Å². The number of aliphatic carboxylic acids is 1. The maximum atomic E-state index is 12.3. The molecule has 0 aliphatic carbocycles. The number of aryl methyl sites for hydroxylation is 3. The zero-order valence-electron chi connectivity index (χ0n) is 16.2. The molecular weight excluding hydrogens is 389 g/mol. The summed E-state index contributed by atoms with van der Waals surface area (Å²) in [5.74, 6) is -1.16. The molecule has 5 nitrogen and oxygen atoms in total. The van der Waals surface area contributed by atoms with Crippen LogP contribution in [0, 0.1) is 13.8 Å². The van der Waals surface area contributed by atoms with Crippen molar-refractivity contribution >= 4 is 11.8 Å². The van der Waals surface area contributed by atoms with Gasteiger partial charge >= 0.3 is 12.3 Å². The fraction of sp³-hybridized carbons (Fsp3) is 0.333. The SMILES string of the molecule is Cc1cc(CCC(=O)c2ccc(OC(F)(F)F)cc2)cc(C)c1OC(C)C(=O)O. The van der Waals surface area contributed by atoms with E-state index < -0.39 is 18.4 Å². The second kappa shape index (κ2) is 8.98. The minimum Gasteiger partial charge on any atom is -0.479 e. The van der Waals surface area contributed by atoms with E-state index in [0.717, 1.165) is 28.8 Å². The minimum absolute atomic E-state index is 0.171. The molecule has 0 fully saturated rings. The molecule has 0 heterocycles. The summed E-state index contributed by atoms with van der Waals surface area (Å²) in [6.45, 7) is 5.03. The fourth-order valence-electron chi connectivity index (χ4n) is 2.84. The van der Waals surface area contributed by atoms with Crippen molar-refractivity contribution in [3.63, 3.8) is 0 Å². The van der Waals surface area contributed by atoms with Gasteiger partial charge in [0.05, 0.1) is 0 Å². The summed E-state index contributed by atoms with van der Waals surface area (Å²) in [4.78, 5) is 23.3. The maximum Gasteiger partial charge on any atom is 0.573 e. The predicted molar refractivity (Wildman–Crippen MR) is 99.4 cm³/mol. The van der Waals surface area contributed by atoms with Crippen molar-refractivity contribution in [2.45, 2.75) is 46.1 Å². The number of carbonyl (C=O) groups excluding carboxylic acids is 1. The molecule has 1 unspecified atom stereocenters. The van der Waals surface area contributed by atoms with E-state index in [1.54, 1.807) is 13.8 Å². The van der Waals surface area contributed by atoms with Crippen molar-refractivity contribution in [2.75, 3.05) is 0 Å². The van der Waals surface area contributed by atoms with Crippen LogP contribution in [-0.2, 0) is 11.2 Å². The standard InChI is InChI=1S/C21H21F3O5/c1-12-10-15(11-13(2)19(12)28-14(3)20(26)27)4-9-18(25)16-5-7-17(8-6-16)29-21(22,23)24/h5-8,10-11,14H,4,9H2,1-3H3,(H,26,27). The van der Waals surface area contributed by atoms with Gasteiger partial charge in [-0.1, -0.05) is 12.1 Å². The van der Waals surface area contributed by atoms with Crippen LogP contribution in [0.15, 0.2) is 36.4 Å². The minimum atomic E-state index is -4.78. The van der Waals surface area contributed by atoms with Gasteiger partial charge in [-0.15, -0.1) is 13.2 Å². The van der Waals surface area contributed by atoms with Crippen LogP contribution in [0.3, 0.4) is 0 Å². The van der Waals surface area contributed by atoms with E-state index in [0.29, 0.717) is 17.7 Å². The van der Waals surface area contributed by atoms with E-state index in [2.05, 4.69) is 4.74 Å². The highest BCUT2D eigenvalue weighted by molar-refractivity contribution is 5.96. The van der Waals surface area contributed by atoms with Crippen LogP contribution in [0.2, 0.25) is 0 Å². The number of Topliss-reactive ketones (excluding diaryl/α,β-unsaturated/α-hetero) is 1. The molecule has 0 amide bonds. The number of carboxylic acids is 1. The zero-order chi connectivity index (χ0) is 21.8. The van der Waals surface area contributed by atoms with Gasteiger partial charge in [-0.05, 0) is 68.1 Å². The Kier molecular flexibility index (Phi) is 6.89. The van der Waals surface area contributed by atoms with Crippen molar-refractivity contribution in [3.05, 3.63) is 58.7 Å². The highest BCUT2D eigenvalue weighted by Crippen LogP contribution is 2.27. The molecule has 29 heavy (non-hydrogen) atoms. The Balaban J connectivity index is 2.02. The number of ketones is 1. The van der Waals surface area contributed by atoms with Gasteiger partial charge in [0.15, 0.2) is 11.9 Å². The number of alkyl halides is 3. The molecule has 0 radical (unpaired) electrons. The first-order chi connectivity index (χ1) is 13.5. The van der Waals surface area contributed by atoms with Gasteiger partial charge in [0.1, 0.15) is 11.5 Å².